The van der Waals surface area contributed by atoms with E-state index in [2.05, 4.69) is 27.4 Å². The Morgan fingerprint density at radius 3 is 2.57 bits per heavy atom. The lowest BCUT2D eigenvalue weighted by atomic mass is 10.0. The van der Waals surface area contributed by atoms with Gasteiger partial charge in [-0.15, -0.1) is 0 Å². The monoisotopic (exact) mass is 406 g/mol. The number of amides is 1. The lowest BCUT2D eigenvalue weighted by Gasteiger charge is -2.17. The smallest absolute Gasteiger partial charge is 0.249 e. The van der Waals surface area contributed by atoms with Crippen LogP contribution >= 0.6 is 0 Å². The molecule has 0 aliphatic rings. The average molecular weight is 406 g/mol. The Kier molecular flexibility index (Phi) is 7.32. The molecule has 0 aliphatic carbocycles. The second kappa shape index (κ2) is 10.3. The molecule has 0 aliphatic heterocycles. The van der Waals surface area contributed by atoms with Crippen molar-refractivity contribution in [3.8, 4) is 17.1 Å². The van der Waals surface area contributed by atoms with E-state index in [4.69, 9.17) is 9.26 Å². The van der Waals surface area contributed by atoms with Crippen LogP contribution < -0.4 is 10.1 Å². The summed E-state index contributed by atoms with van der Waals surface area (Å²) in [4.78, 5) is 20.9. The maximum atomic E-state index is 12.5. The summed E-state index contributed by atoms with van der Waals surface area (Å²) in [6.07, 6.45) is 7.55. The van der Waals surface area contributed by atoms with Crippen molar-refractivity contribution in [2.45, 2.75) is 33.2 Å². The molecule has 3 aromatic rings. The minimum Gasteiger partial charge on any atom is -0.494 e. The highest BCUT2D eigenvalue weighted by Gasteiger charge is 2.24. The molecule has 0 fully saturated rings. The normalized spacial score (nSPS) is 12.3. The highest BCUT2D eigenvalue weighted by atomic mass is 16.5. The van der Waals surface area contributed by atoms with Crippen molar-refractivity contribution in [1.29, 1.82) is 0 Å². The van der Waals surface area contributed by atoms with Gasteiger partial charge in [0.1, 0.15) is 11.8 Å². The number of rotatable bonds is 9. The van der Waals surface area contributed by atoms with Crippen molar-refractivity contribution < 1.29 is 14.1 Å². The van der Waals surface area contributed by atoms with E-state index in [1.165, 1.54) is 6.08 Å². The standard InChI is InChI=1S/C23H26N4O3/c1-4-15-29-19-8-5-17(6-9-19)7-10-20(28)25-21(16(2)3)23-26-22(27-30-23)18-11-13-24-14-12-18/h5-14,16,21H,4,15H2,1-3H3,(H,25,28)/b10-7+. The lowest BCUT2D eigenvalue weighted by molar-refractivity contribution is -0.117. The van der Waals surface area contributed by atoms with Gasteiger partial charge in [0.05, 0.1) is 6.61 Å². The van der Waals surface area contributed by atoms with Gasteiger partial charge in [0.25, 0.3) is 0 Å². The number of nitrogens with one attached hydrogen (secondary N) is 1. The first kappa shape index (κ1) is 21.2. The minimum absolute atomic E-state index is 0.0723. The van der Waals surface area contributed by atoms with Gasteiger partial charge in [0, 0.05) is 24.0 Å². The van der Waals surface area contributed by atoms with Crippen LogP contribution in [-0.2, 0) is 4.79 Å². The van der Waals surface area contributed by atoms with Gasteiger partial charge in [-0.2, -0.15) is 4.98 Å². The quantitative estimate of drug-likeness (QED) is 0.528. The van der Waals surface area contributed by atoms with E-state index >= 15 is 0 Å². The molecular weight excluding hydrogens is 380 g/mol. The fraction of sp³-hybridized carbons (Fsp3) is 0.304. The third-order valence-corrected chi connectivity index (χ3v) is 4.39. The molecule has 0 radical (unpaired) electrons. The van der Waals surface area contributed by atoms with Crippen LogP contribution in [0.2, 0.25) is 0 Å². The molecule has 1 unspecified atom stereocenters. The first-order valence-corrected chi connectivity index (χ1v) is 10.0. The summed E-state index contributed by atoms with van der Waals surface area (Å²) in [6.45, 7) is 6.72. The number of hydrogen-bond donors (Lipinski definition) is 1. The van der Waals surface area contributed by atoms with E-state index in [9.17, 15) is 4.79 Å². The first-order chi connectivity index (χ1) is 14.6. The Labute approximate surface area is 176 Å². The molecule has 0 saturated heterocycles. The summed E-state index contributed by atoms with van der Waals surface area (Å²) in [5, 5.41) is 6.97. The maximum absolute atomic E-state index is 12.5. The molecule has 3 rings (SSSR count). The molecule has 1 aromatic carbocycles. The van der Waals surface area contributed by atoms with Crippen molar-refractivity contribution in [3.63, 3.8) is 0 Å². The Bertz CT molecular complexity index is 966. The summed E-state index contributed by atoms with van der Waals surface area (Å²) >= 11 is 0. The molecule has 0 saturated carbocycles. The molecule has 7 nitrogen and oxygen atoms in total. The highest BCUT2D eigenvalue weighted by molar-refractivity contribution is 5.91. The van der Waals surface area contributed by atoms with Crippen molar-refractivity contribution in [2.75, 3.05) is 6.61 Å². The zero-order valence-electron chi connectivity index (χ0n) is 17.4. The fourth-order valence-corrected chi connectivity index (χ4v) is 2.76. The van der Waals surface area contributed by atoms with Gasteiger partial charge < -0.3 is 14.6 Å². The summed E-state index contributed by atoms with van der Waals surface area (Å²) in [7, 11) is 0. The van der Waals surface area contributed by atoms with E-state index in [-0.39, 0.29) is 11.8 Å². The summed E-state index contributed by atoms with van der Waals surface area (Å²) in [6, 6.07) is 10.8. The first-order valence-electron chi connectivity index (χ1n) is 10.0. The van der Waals surface area contributed by atoms with Crippen LogP contribution in [0.5, 0.6) is 5.75 Å². The fourth-order valence-electron chi connectivity index (χ4n) is 2.76. The molecule has 1 N–H and O–H groups in total. The van der Waals surface area contributed by atoms with Crippen molar-refractivity contribution in [2.24, 2.45) is 5.92 Å². The third-order valence-electron chi connectivity index (χ3n) is 4.39. The van der Waals surface area contributed by atoms with Gasteiger partial charge in [-0.25, -0.2) is 0 Å². The van der Waals surface area contributed by atoms with Crippen LogP contribution in [0.15, 0.2) is 59.4 Å². The van der Waals surface area contributed by atoms with Crippen molar-refractivity contribution in [3.05, 3.63) is 66.3 Å². The zero-order valence-corrected chi connectivity index (χ0v) is 17.4. The predicted molar refractivity (Wildman–Crippen MR) is 115 cm³/mol. The summed E-state index contributed by atoms with van der Waals surface area (Å²) in [5.41, 5.74) is 1.72. The van der Waals surface area contributed by atoms with Crippen LogP contribution in [0.3, 0.4) is 0 Å². The van der Waals surface area contributed by atoms with Crippen molar-refractivity contribution in [1.82, 2.24) is 20.4 Å². The number of benzene rings is 1. The molecule has 0 bridgehead atoms. The zero-order chi connectivity index (χ0) is 21.3. The van der Waals surface area contributed by atoms with Crippen LogP contribution in [-0.4, -0.2) is 27.6 Å². The molecule has 30 heavy (non-hydrogen) atoms. The third kappa shape index (κ3) is 5.76. The van der Waals surface area contributed by atoms with Gasteiger partial charge >= 0.3 is 0 Å². The van der Waals surface area contributed by atoms with Gasteiger partial charge in [-0.3, -0.25) is 9.78 Å². The average Bonchev–Trinajstić information content (AvgIpc) is 3.25. The number of nitrogens with zero attached hydrogens (tertiary/aromatic N) is 3. The number of ether oxygens (including phenoxy) is 1. The topological polar surface area (TPSA) is 90.1 Å². The van der Waals surface area contributed by atoms with E-state index in [1.54, 1.807) is 30.6 Å². The number of hydrogen-bond acceptors (Lipinski definition) is 6. The second-order valence-corrected chi connectivity index (χ2v) is 7.17. The van der Waals surface area contributed by atoms with Crippen LogP contribution in [0.4, 0.5) is 0 Å². The van der Waals surface area contributed by atoms with Gasteiger partial charge in [-0.1, -0.05) is 38.1 Å². The van der Waals surface area contributed by atoms with E-state index in [1.807, 2.05) is 38.1 Å². The summed E-state index contributed by atoms with van der Waals surface area (Å²) in [5.74, 6) is 1.50. The Balaban J connectivity index is 1.64. The molecule has 1 atom stereocenters. The highest BCUT2D eigenvalue weighted by Crippen LogP contribution is 2.23. The lowest BCUT2D eigenvalue weighted by Crippen LogP contribution is -2.30. The minimum atomic E-state index is -0.393. The molecular formula is C23H26N4O3. The van der Waals surface area contributed by atoms with Crippen LogP contribution in [0, 0.1) is 5.92 Å². The molecule has 0 spiro atoms. The Hall–Kier alpha value is -3.48. The van der Waals surface area contributed by atoms with E-state index in [0.717, 1.165) is 23.3 Å². The molecule has 156 valence electrons. The maximum Gasteiger partial charge on any atom is 0.249 e. The number of carbonyl (C=O) groups is 1. The van der Waals surface area contributed by atoms with Gasteiger partial charge in [0.2, 0.25) is 17.6 Å². The second-order valence-electron chi connectivity index (χ2n) is 7.17. The SMILES string of the molecule is CCCOc1ccc(/C=C/C(=O)NC(c2nc(-c3ccncc3)no2)C(C)C)cc1. The van der Waals surface area contributed by atoms with E-state index < -0.39 is 6.04 Å². The molecule has 7 heteroatoms. The predicted octanol–water partition coefficient (Wildman–Crippen LogP) is 4.45. The largest absolute Gasteiger partial charge is 0.494 e. The number of pyridine rings is 1. The Morgan fingerprint density at radius 2 is 1.90 bits per heavy atom. The molecule has 2 heterocycles. The van der Waals surface area contributed by atoms with Gasteiger partial charge in [0.15, 0.2) is 0 Å². The van der Waals surface area contributed by atoms with Crippen LogP contribution in [0.25, 0.3) is 17.5 Å². The van der Waals surface area contributed by atoms with Crippen molar-refractivity contribution >= 4 is 12.0 Å². The number of aromatic nitrogens is 3. The molecule has 1 amide bonds. The number of carbonyl (C=O) groups excluding carboxylic acids is 1. The van der Waals surface area contributed by atoms with Gasteiger partial charge in [-0.05, 0) is 48.2 Å². The summed E-state index contributed by atoms with van der Waals surface area (Å²) < 4.78 is 11.0. The van der Waals surface area contributed by atoms with Crippen LogP contribution in [0.1, 0.15) is 44.7 Å². The van der Waals surface area contributed by atoms with E-state index in [0.29, 0.717) is 18.3 Å². The Morgan fingerprint density at radius 1 is 1.17 bits per heavy atom. The molecule has 2 aromatic heterocycles.